The lowest BCUT2D eigenvalue weighted by atomic mass is 10.0. The van der Waals surface area contributed by atoms with Crippen molar-refractivity contribution >= 4 is 29.9 Å². The Labute approximate surface area is 196 Å². The van der Waals surface area contributed by atoms with E-state index in [1.54, 1.807) is 0 Å². The first-order chi connectivity index (χ1) is 13.6. The highest BCUT2D eigenvalue weighted by molar-refractivity contribution is 14.0. The van der Waals surface area contributed by atoms with Crippen LogP contribution in [0.15, 0.2) is 4.99 Å². The van der Waals surface area contributed by atoms with Gasteiger partial charge in [0.05, 0.1) is 13.2 Å². The van der Waals surface area contributed by atoms with Crippen molar-refractivity contribution in [1.29, 1.82) is 0 Å². The summed E-state index contributed by atoms with van der Waals surface area (Å²) in [7, 11) is 1.87. The lowest BCUT2D eigenvalue weighted by molar-refractivity contribution is 0.0132. The Hall–Kier alpha value is -0.120. The second-order valence-electron chi connectivity index (χ2n) is 9.07. The Morgan fingerprint density at radius 2 is 1.90 bits per heavy atom. The van der Waals surface area contributed by atoms with E-state index in [0.29, 0.717) is 12.0 Å². The van der Waals surface area contributed by atoms with Crippen LogP contribution >= 0.6 is 24.0 Å². The van der Waals surface area contributed by atoms with Gasteiger partial charge in [0.15, 0.2) is 5.96 Å². The zero-order valence-electron chi connectivity index (χ0n) is 19.3. The fourth-order valence-corrected chi connectivity index (χ4v) is 4.44. The topological polar surface area (TPSA) is 52.1 Å². The molecule has 0 radical (unpaired) electrons. The lowest BCUT2D eigenvalue weighted by Gasteiger charge is -2.35. The molecular formula is C22H46IN5O. The van der Waals surface area contributed by atoms with Crippen molar-refractivity contribution in [2.45, 2.75) is 58.9 Å². The third kappa shape index (κ3) is 11.2. The van der Waals surface area contributed by atoms with Gasteiger partial charge in [-0.15, -0.1) is 24.0 Å². The summed E-state index contributed by atoms with van der Waals surface area (Å²) in [5.41, 5.74) is 0. The molecule has 2 aliphatic rings. The number of halogens is 1. The van der Waals surface area contributed by atoms with E-state index in [1.807, 2.05) is 7.05 Å². The van der Waals surface area contributed by atoms with Gasteiger partial charge in [0.2, 0.25) is 0 Å². The Morgan fingerprint density at radius 3 is 2.55 bits per heavy atom. The molecule has 2 heterocycles. The van der Waals surface area contributed by atoms with Crippen molar-refractivity contribution in [2.75, 3.05) is 66.1 Å². The molecule has 0 aromatic carbocycles. The van der Waals surface area contributed by atoms with E-state index in [4.69, 9.17) is 4.74 Å². The predicted octanol–water partition coefficient (Wildman–Crippen LogP) is 3.03. The fourth-order valence-electron chi connectivity index (χ4n) is 4.44. The minimum absolute atomic E-state index is 0. The molecule has 6 nitrogen and oxygen atoms in total. The van der Waals surface area contributed by atoms with Crippen LogP contribution in [-0.4, -0.2) is 87.9 Å². The zero-order chi connectivity index (χ0) is 20.2. The van der Waals surface area contributed by atoms with Gasteiger partial charge >= 0.3 is 0 Å². The van der Waals surface area contributed by atoms with Crippen LogP contribution in [0.25, 0.3) is 0 Å². The molecule has 0 aromatic heterocycles. The van der Waals surface area contributed by atoms with Gasteiger partial charge < -0.3 is 20.3 Å². The summed E-state index contributed by atoms with van der Waals surface area (Å²) < 4.78 is 5.53. The summed E-state index contributed by atoms with van der Waals surface area (Å²) in [6.45, 7) is 16.6. The molecule has 0 aliphatic carbocycles. The van der Waals surface area contributed by atoms with Gasteiger partial charge in [0, 0.05) is 45.8 Å². The molecular weight excluding hydrogens is 477 g/mol. The second kappa shape index (κ2) is 15.6. The van der Waals surface area contributed by atoms with Crippen LogP contribution in [0.5, 0.6) is 0 Å². The number of piperidine rings is 1. The molecule has 29 heavy (non-hydrogen) atoms. The number of likely N-dealkylation sites (tertiary alicyclic amines) is 1. The number of unbranched alkanes of at least 4 members (excludes halogenated alkanes) is 1. The second-order valence-corrected chi connectivity index (χ2v) is 9.07. The van der Waals surface area contributed by atoms with Gasteiger partial charge in [-0.25, -0.2) is 0 Å². The van der Waals surface area contributed by atoms with Gasteiger partial charge in [0.1, 0.15) is 0 Å². The van der Waals surface area contributed by atoms with Crippen LogP contribution in [-0.2, 0) is 4.74 Å². The Morgan fingerprint density at radius 1 is 1.14 bits per heavy atom. The Balaban J connectivity index is 0.00000420. The SMILES string of the molecule is CN=C(NCCCCN1CCCC(C)C1)NCC(CC(C)C)N1CCOCC1.I. The Bertz CT molecular complexity index is 443. The van der Waals surface area contributed by atoms with Crippen molar-refractivity contribution in [3.8, 4) is 0 Å². The molecule has 172 valence electrons. The molecule has 2 N–H and O–H groups in total. The van der Waals surface area contributed by atoms with Crippen molar-refractivity contribution in [3.63, 3.8) is 0 Å². The number of nitrogens with zero attached hydrogens (tertiary/aromatic N) is 3. The van der Waals surface area contributed by atoms with Crippen molar-refractivity contribution in [2.24, 2.45) is 16.8 Å². The first kappa shape index (κ1) is 26.9. The van der Waals surface area contributed by atoms with Crippen LogP contribution in [0.4, 0.5) is 0 Å². The van der Waals surface area contributed by atoms with Gasteiger partial charge in [0.25, 0.3) is 0 Å². The molecule has 0 amide bonds. The molecule has 0 bridgehead atoms. The standard InChI is InChI=1S/C22H45N5O.HI/c1-19(2)16-21(27-12-14-28-15-13-27)17-25-22(23-4)24-9-5-6-10-26-11-7-8-20(3)18-26;/h19-21H,5-18H2,1-4H3,(H2,23,24,25);1H. The van der Waals surface area contributed by atoms with E-state index in [2.05, 4.69) is 46.2 Å². The quantitative estimate of drug-likeness (QED) is 0.200. The summed E-state index contributed by atoms with van der Waals surface area (Å²) in [5, 5.41) is 7.07. The minimum Gasteiger partial charge on any atom is -0.379 e. The first-order valence-electron chi connectivity index (χ1n) is 11.6. The fraction of sp³-hybridized carbons (Fsp3) is 0.955. The molecule has 2 unspecified atom stereocenters. The van der Waals surface area contributed by atoms with Crippen LogP contribution < -0.4 is 10.6 Å². The summed E-state index contributed by atoms with van der Waals surface area (Å²) >= 11 is 0. The molecule has 2 atom stereocenters. The third-order valence-electron chi connectivity index (χ3n) is 5.97. The maximum absolute atomic E-state index is 5.53. The van der Waals surface area contributed by atoms with Gasteiger partial charge in [-0.3, -0.25) is 9.89 Å². The lowest BCUT2D eigenvalue weighted by Crippen LogP contribution is -2.51. The third-order valence-corrected chi connectivity index (χ3v) is 5.97. The maximum atomic E-state index is 5.53. The molecule has 2 fully saturated rings. The van der Waals surface area contributed by atoms with Crippen LogP contribution in [0.1, 0.15) is 52.9 Å². The van der Waals surface area contributed by atoms with Crippen LogP contribution in [0, 0.1) is 11.8 Å². The Kier molecular flexibility index (Phi) is 14.5. The number of aliphatic imine (C=N–C) groups is 1. The van der Waals surface area contributed by atoms with E-state index >= 15 is 0 Å². The molecule has 7 heteroatoms. The van der Waals surface area contributed by atoms with Crippen LogP contribution in [0.2, 0.25) is 0 Å². The average Bonchev–Trinajstić information content (AvgIpc) is 2.69. The van der Waals surface area contributed by atoms with Crippen molar-refractivity contribution < 1.29 is 4.74 Å². The molecule has 0 spiro atoms. The van der Waals surface area contributed by atoms with E-state index in [-0.39, 0.29) is 24.0 Å². The van der Waals surface area contributed by atoms with E-state index in [1.165, 1.54) is 51.7 Å². The normalized spacial score (nSPS) is 22.9. The van der Waals surface area contributed by atoms with Gasteiger partial charge in [-0.1, -0.05) is 20.8 Å². The summed E-state index contributed by atoms with van der Waals surface area (Å²) in [6, 6.07) is 0.545. The highest BCUT2D eigenvalue weighted by atomic mass is 127. The smallest absolute Gasteiger partial charge is 0.191 e. The maximum Gasteiger partial charge on any atom is 0.191 e. The number of hydrogen-bond acceptors (Lipinski definition) is 4. The monoisotopic (exact) mass is 523 g/mol. The first-order valence-corrected chi connectivity index (χ1v) is 11.6. The minimum atomic E-state index is 0. The number of rotatable bonds is 10. The molecule has 0 aromatic rings. The van der Waals surface area contributed by atoms with E-state index < -0.39 is 0 Å². The largest absolute Gasteiger partial charge is 0.379 e. The van der Waals surface area contributed by atoms with Crippen molar-refractivity contribution in [3.05, 3.63) is 0 Å². The average molecular weight is 524 g/mol. The number of nitrogens with one attached hydrogen (secondary N) is 2. The van der Waals surface area contributed by atoms with Gasteiger partial charge in [-0.05, 0) is 57.0 Å². The van der Waals surface area contributed by atoms with Gasteiger partial charge in [-0.2, -0.15) is 0 Å². The van der Waals surface area contributed by atoms with E-state index in [9.17, 15) is 0 Å². The summed E-state index contributed by atoms with van der Waals surface area (Å²) in [6.07, 6.45) is 6.45. The molecule has 2 rings (SSSR count). The zero-order valence-corrected chi connectivity index (χ0v) is 21.6. The predicted molar refractivity (Wildman–Crippen MR) is 134 cm³/mol. The molecule has 0 saturated carbocycles. The number of guanidine groups is 1. The summed E-state index contributed by atoms with van der Waals surface area (Å²) in [4.78, 5) is 9.63. The number of morpholine rings is 1. The highest BCUT2D eigenvalue weighted by Crippen LogP contribution is 2.15. The highest BCUT2D eigenvalue weighted by Gasteiger charge is 2.22. The molecule has 2 aliphatic heterocycles. The number of hydrogen-bond donors (Lipinski definition) is 2. The van der Waals surface area contributed by atoms with Crippen LogP contribution in [0.3, 0.4) is 0 Å². The van der Waals surface area contributed by atoms with E-state index in [0.717, 1.165) is 51.3 Å². The molecule has 2 saturated heterocycles. The number of ether oxygens (including phenoxy) is 1. The summed E-state index contributed by atoms with van der Waals surface area (Å²) in [5.74, 6) is 2.51. The van der Waals surface area contributed by atoms with Crippen molar-refractivity contribution in [1.82, 2.24) is 20.4 Å².